The average Bonchev–Trinajstić information content (AvgIpc) is 2.98. The number of rotatable bonds is 7. The van der Waals surface area contributed by atoms with Crippen LogP contribution in [-0.4, -0.2) is 42.7 Å². The van der Waals surface area contributed by atoms with Gasteiger partial charge in [-0.1, -0.05) is 0 Å². The van der Waals surface area contributed by atoms with E-state index in [9.17, 15) is 13.2 Å². The molecule has 0 aliphatic rings. The number of nitrogens with zero attached hydrogens (tertiary/aromatic N) is 2. The maximum atomic E-state index is 11.5. The lowest BCUT2D eigenvalue weighted by molar-refractivity contribution is -0.150. The van der Waals surface area contributed by atoms with E-state index >= 15 is 0 Å². The van der Waals surface area contributed by atoms with Crippen molar-refractivity contribution in [2.75, 3.05) is 12.9 Å². The summed E-state index contributed by atoms with van der Waals surface area (Å²) in [6.07, 6.45) is 0.299. The average molecular weight is 372 g/mol. The van der Waals surface area contributed by atoms with Crippen molar-refractivity contribution in [3.63, 3.8) is 0 Å². The van der Waals surface area contributed by atoms with E-state index in [1.54, 1.807) is 38.1 Å². The lowest BCUT2D eigenvalue weighted by atomic mass is 10.3. The van der Waals surface area contributed by atoms with Crippen LogP contribution in [-0.2, 0) is 19.4 Å². The van der Waals surface area contributed by atoms with Gasteiger partial charge in [-0.15, -0.1) is 0 Å². The zero-order valence-electron chi connectivity index (χ0n) is 13.3. The lowest BCUT2D eigenvalue weighted by Crippen LogP contribution is -2.25. The van der Waals surface area contributed by atoms with Gasteiger partial charge in [0.25, 0.3) is 10.4 Å². The lowest BCUT2D eigenvalue weighted by Gasteiger charge is -2.13. The number of aromatic nitrogens is 2. The topological polar surface area (TPSA) is 105 Å². The van der Waals surface area contributed by atoms with Crippen LogP contribution in [0.4, 0.5) is 0 Å². The van der Waals surface area contributed by atoms with E-state index < -0.39 is 21.9 Å². The molecule has 1 aromatic carbocycles. The van der Waals surface area contributed by atoms with Gasteiger partial charge in [-0.05, 0) is 38.1 Å². The van der Waals surface area contributed by atoms with Crippen molar-refractivity contribution in [2.45, 2.75) is 25.1 Å². The number of sulfone groups is 1. The van der Waals surface area contributed by atoms with E-state index in [4.69, 9.17) is 14.2 Å². The highest BCUT2D eigenvalue weighted by atomic mass is 32.2. The molecule has 8 nitrogen and oxygen atoms in total. The Morgan fingerprint density at radius 2 is 1.88 bits per heavy atom. The predicted octanol–water partition coefficient (Wildman–Crippen LogP) is 2.06. The van der Waals surface area contributed by atoms with Crippen LogP contribution in [0.2, 0.25) is 0 Å². The van der Waals surface area contributed by atoms with Crippen molar-refractivity contribution in [2.24, 2.45) is 0 Å². The van der Waals surface area contributed by atoms with Gasteiger partial charge in [-0.25, -0.2) is 13.2 Å². The van der Waals surface area contributed by atoms with Gasteiger partial charge in [0.1, 0.15) is 11.5 Å². The summed E-state index contributed by atoms with van der Waals surface area (Å²) in [7, 11) is -3.46. The Hall–Kier alpha value is -2.20. The van der Waals surface area contributed by atoms with Gasteiger partial charge in [0.05, 0.1) is 6.61 Å². The van der Waals surface area contributed by atoms with Gasteiger partial charge in [-0.2, -0.15) is 9.36 Å². The Kier molecular flexibility index (Phi) is 5.73. The molecule has 2 rings (SSSR count). The van der Waals surface area contributed by atoms with Crippen molar-refractivity contribution in [1.82, 2.24) is 9.36 Å². The normalized spacial score (nSPS) is 12.5. The minimum Gasteiger partial charge on any atom is -0.479 e. The molecule has 0 aliphatic heterocycles. The first-order valence-corrected chi connectivity index (χ1v) is 9.61. The van der Waals surface area contributed by atoms with Crippen molar-refractivity contribution in [3.05, 3.63) is 24.3 Å². The molecule has 1 heterocycles. The van der Waals surface area contributed by atoms with Crippen LogP contribution >= 0.6 is 11.5 Å². The van der Waals surface area contributed by atoms with Gasteiger partial charge < -0.3 is 14.2 Å². The molecular formula is C14H16N2O6S2. The Balaban J connectivity index is 1.99. The fraction of sp³-hybridized carbons (Fsp3) is 0.357. The minimum absolute atomic E-state index is 0.115. The van der Waals surface area contributed by atoms with E-state index in [1.807, 2.05) is 0 Å². The fourth-order valence-electron chi connectivity index (χ4n) is 1.59. The molecule has 0 fully saturated rings. The first kappa shape index (κ1) is 18.1. The molecule has 24 heavy (non-hydrogen) atoms. The number of ether oxygens (including phenoxy) is 3. The summed E-state index contributed by atoms with van der Waals surface area (Å²) in [5, 5.41) is -0.158. The minimum atomic E-state index is -3.46. The highest BCUT2D eigenvalue weighted by molar-refractivity contribution is 7.90. The molecule has 0 saturated heterocycles. The van der Waals surface area contributed by atoms with Crippen LogP contribution in [0.1, 0.15) is 13.8 Å². The van der Waals surface area contributed by atoms with Gasteiger partial charge >= 0.3 is 5.97 Å². The highest BCUT2D eigenvalue weighted by Gasteiger charge is 2.17. The molecule has 0 N–H and O–H groups in total. The van der Waals surface area contributed by atoms with Crippen molar-refractivity contribution >= 4 is 27.3 Å². The number of carbonyl (C=O) groups excluding carboxylic acids is 1. The molecule has 0 spiro atoms. The van der Waals surface area contributed by atoms with Crippen LogP contribution in [0.25, 0.3) is 0 Å². The summed E-state index contributed by atoms with van der Waals surface area (Å²) in [6, 6.07) is 6.44. The summed E-state index contributed by atoms with van der Waals surface area (Å²) >= 11 is 0.841. The number of hydrogen-bond donors (Lipinski definition) is 0. The summed E-state index contributed by atoms with van der Waals surface area (Å²) in [4.78, 5) is 15.3. The van der Waals surface area contributed by atoms with Crippen molar-refractivity contribution in [3.8, 4) is 16.7 Å². The maximum absolute atomic E-state index is 11.5. The van der Waals surface area contributed by atoms with E-state index in [-0.39, 0.29) is 17.0 Å². The maximum Gasteiger partial charge on any atom is 0.347 e. The third kappa shape index (κ3) is 4.90. The SMILES string of the molecule is CCOC(=O)C(C)Oc1ccc(Oc2nc(S(C)(=O)=O)ns2)cc1. The van der Waals surface area contributed by atoms with Crippen LogP contribution in [0.3, 0.4) is 0 Å². The second-order valence-corrected chi connectivity index (χ2v) is 7.32. The first-order valence-electron chi connectivity index (χ1n) is 6.94. The molecule has 1 aromatic heterocycles. The number of benzene rings is 1. The van der Waals surface area contributed by atoms with Crippen LogP contribution in [0, 0.1) is 0 Å². The number of esters is 1. The Labute approximate surface area is 143 Å². The first-order chi connectivity index (χ1) is 11.3. The Morgan fingerprint density at radius 1 is 1.25 bits per heavy atom. The molecule has 10 heteroatoms. The molecule has 0 radical (unpaired) electrons. The van der Waals surface area contributed by atoms with Crippen LogP contribution < -0.4 is 9.47 Å². The molecule has 1 atom stereocenters. The second-order valence-electron chi connectivity index (χ2n) is 4.70. The van der Waals surface area contributed by atoms with Crippen molar-refractivity contribution in [1.29, 1.82) is 0 Å². The number of carbonyl (C=O) groups is 1. The predicted molar refractivity (Wildman–Crippen MR) is 86.3 cm³/mol. The van der Waals surface area contributed by atoms with Gasteiger partial charge in [0.2, 0.25) is 9.84 Å². The number of hydrogen-bond acceptors (Lipinski definition) is 9. The molecule has 130 valence electrons. The van der Waals surface area contributed by atoms with E-state index in [0.717, 1.165) is 17.8 Å². The fourth-order valence-corrected chi connectivity index (χ4v) is 3.01. The zero-order valence-corrected chi connectivity index (χ0v) is 14.9. The van der Waals surface area contributed by atoms with Crippen LogP contribution in [0.5, 0.6) is 16.7 Å². The molecule has 2 aromatic rings. The summed E-state index contributed by atoms with van der Waals surface area (Å²) in [5.74, 6) is 0.458. The molecule has 0 bridgehead atoms. The monoisotopic (exact) mass is 372 g/mol. The molecule has 0 amide bonds. The Morgan fingerprint density at radius 3 is 2.42 bits per heavy atom. The van der Waals surface area contributed by atoms with E-state index in [2.05, 4.69) is 9.36 Å². The van der Waals surface area contributed by atoms with Crippen molar-refractivity contribution < 1.29 is 27.4 Å². The highest BCUT2D eigenvalue weighted by Crippen LogP contribution is 2.26. The smallest absolute Gasteiger partial charge is 0.347 e. The molecule has 0 aliphatic carbocycles. The standard InChI is InChI=1S/C14H16N2O6S2/c1-4-20-12(17)9(2)21-10-5-7-11(8-6-10)22-14-15-13(16-23-14)24(3,18)19/h5-9H,4H2,1-3H3. The Bertz CT molecular complexity index is 801. The van der Waals surface area contributed by atoms with Gasteiger partial charge in [-0.3, -0.25) is 0 Å². The summed E-state index contributed by atoms with van der Waals surface area (Å²) < 4.78 is 42.1. The third-order valence-electron chi connectivity index (χ3n) is 2.68. The zero-order chi connectivity index (χ0) is 17.7. The third-order valence-corrected chi connectivity index (χ3v) is 4.24. The second kappa shape index (κ2) is 7.58. The van der Waals surface area contributed by atoms with Gasteiger partial charge in [0, 0.05) is 17.8 Å². The van der Waals surface area contributed by atoms with E-state index in [1.165, 1.54) is 0 Å². The van der Waals surface area contributed by atoms with Gasteiger partial charge in [0.15, 0.2) is 6.10 Å². The van der Waals surface area contributed by atoms with E-state index in [0.29, 0.717) is 11.5 Å². The quantitative estimate of drug-likeness (QED) is 0.680. The van der Waals surface area contributed by atoms with Crippen LogP contribution in [0.15, 0.2) is 29.4 Å². The molecule has 1 unspecified atom stereocenters. The summed E-state index contributed by atoms with van der Waals surface area (Å²) in [5.41, 5.74) is 0. The molecule has 0 saturated carbocycles. The summed E-state index contributed by atoms with van der Waals surface area (Å²) in [6.45, 7) is 3.60. The largest absolute Gasteiger partial charge is 0.479 e. The molecular weight excluding hydrogens is 356 g/mol.